The van der Waals surface area contributed by atoms with Crippen LogP contribution in [-0.4, -0.2) is 138 Å². The number of nitrogens with zero attached hydrogens (tertiary/aromatic N) is 1. The van der Waals surface area contributed by atoms with E-state index >= 15 is 9.59 Å². The Morgan fingerprint density at radius 1 is 0.940 bits per heavy atom. The van der Waals surface area contributed by atoms with Crippen molar-refractivity contribution in [3.63, 3.8) is 0 Å². The van der Waals surface area contributed by atoms with Crippen molar-refractivity contribution >= 4 is 23.6 Å². The number of hydrogen-bond donors (Lipinski definition) is 2. The standard InChI is InChI=1S/C52H69NO14/c1-27(2)13-12-18-50(10)19-17-31-41(65-50)30(15-14-28(3)4)43-35(42(31)63-47-40(56)39(55)44-33(62-47)26-61-49(8,9)64-44)38(54)36-37(53-21-23-60-24-22-53)32-25-34-48(6,7)67-51(45(32)57,52(34,36)66-43)20-16-29(5)46(58)59-11/h13-14,16-17,19,32-34,36-37,39-40,44,47,55-56H,12,15,18,20-26H2,1-11H3/t32?,33-,34?,36?,37?,39-,40-,44-,47+,50?,51?,52?/m0/s1. The van der Waals surface area contributed by atoms with Gasteiger partial charge in [0.2, 0.25) is 6.29 Å². The van der Waals surface area contributed by atoms with E-state index in [0.717, 1.165) is 12.0 Å². The number of carbonyl (C=O) groups excluding carboxylic acids is 3. The molecule has 4 saturated heterocycles. The second-order valence-corrected chi connectivity index (χ2v) is 21.5. The van der Waals surface area contributed by atoms with E-state index < -0.39 is 88.7 Å². The van der Waals surface area contributed by atoms with Crippen LogP contribution < -0.4 is 14.2 Å². The summed E-state index contributed by atoms with van der Waals surface area (Å²) in [7, 11) is 1.31. The van der Waals surface area contributed by atoms with Gasteiger partial charge in [0, 0.05) is 48.5 Å². The molecule has 2 N–H and O–H groups in total. The van der Waals surface area contributed by atoms with Crippen molar-refractivity contribution in [2.75, 3.05) is 40.0 Å². The van der Waals surface area contributed by atoms with Gasteiger partial charge >= 0.3 is 5.97 Å². The number of allylic oxidation sites excluding steroid dienone is 4. The molecule has 1 aromatic rings. The van der Waals surface area contributed by atoms with Crippen LogP contribution in [0.4, 0.5) is 0 Å². The normalized spacial score (nSPS) is 37.8. The summed E-state index contributed by atoms with van der Waals surface area (Å²) in [6, 6.07) is -0.598. The predicted octanol–water partition coefficient (Wildman–Crippen LogP) is 5.99. The molecule has 1 aromatic carbocycles. The number of morpholine rings is 1. The van der Waals surface area contributed by atoms with Gasteiger partial charge in [0.15, 0.2) is 28.6 Å². The summed E-state index contributed by atoms with van der Waals surface area (Å²) < 4.78 is 58.3. The minimum absolute atomic E-state index is 0.0408. The van der Waals surface area contributed by atoms with Gasteiger partial charge in [-0.2, -0.15) is 0 Å². The lowest BCUT2D eigenvalue weighted by atomic mass is 9.44. The first kappa shape index (κ1) is 48.1. The van der Waals surface area contributed by atoms with Gasteiger partial charge in [-0.3, -0.25) is 14.5 Å². The second-order valence-electron chi connectivity index (χ2n) is 21.5. The Morgan fingerprint density at radius 3 is 2.34 bits per heavy atom. The zero-order valence-corrected chi connectivity index (χ0v) is 40.9. The van der Waals surface area contributed by atoms with Crippen LogP contribution >= 0.6 is 0 Å². The van der Waals surface area contributed by atoms with Crippen LogP contribution in [0.1, 0.15) is 116 Å². The highest BCUT2D eigenvalue weighted by atomic mass is 16.8. The van der Waals surface area contributed by atoms with E-state index in [9.17, 15) is 15.0 Å². The Morgan fingerprint density at radius 2 is 1.66 bits per heavy atom. The third-order valence-electron chi connectivity index (χ3n) is 15.6. The highest BCUT2D eigenvalue weighted by Gasteiger charge is 2.86. The molecule has 15 heteroatoms. The molecule has 0 aromatic heterocycles. The minimum atomic E-state index is -1.69. The minimum Gasteiger partial charge on any atom is -0.482 e. The summed E-state index contributed by atoms with van der Waals surface area (Å²) in [5.74, 6) is -3.40. The summed E-state index contributed by atoms with van der Waals surface area (Å²) in [5.41, 5.74) is -1.34. The molecule has 0 amide bonds. The Balaban J connectivity index is 1.29. The lowest BCUT2D eigenvalue weighted by Crippen LogP contribution is -2.82. The van der Waals surface area contributed by atoms with Crippen molar-refractivity contribution in [1.29, 1.82) is 0 Å². The number of benzene rings is 1. The van der Waals surface area contributed by atoms with Crippen LogP contribution in [0.5, 0.6) is 17.2 Å². The lowest BCUT2D eigenvalue weighted by Gasteiger charge is -2.64. The maximum atomic E-state index is 16.6. The van der Waals surface area contributed by atoms with Crippen LogP contribution in [0, 0.1) is 17.8 Å². The van der Waals surface area contributed by atoms with Crippen LogP contribution in [0.3, 0.4) is 0 Å². The molecule has 12 atom stereocenters. The number of fused-ring (bicyclic) bond motifs is 3. The van der Waals surface area contributed by atoms with E-state index in [2.05, 4.69) is 30.9 Å². The van der Waals surface area contributed by atoms with Crippen molar-refractivity contribution < 1.29 is 67.2 Å². The van der Waals surface area contributed by atoms with Crippen LogP contribution in [0.2, 0.25) is 0 Å². The molecular formula is C52H69NO14. The van der Waals surface area contributed by atoms with Crippen molar-refractivity contribution in [2.45, 2.75) is 166 Å². The highest BCUT2D eigenvalue weighted by molar-refractivity contribution is 6.10. The van der Waals surface area contributed by atoms with Gasteiger partial charge in [-0.15, -0.1) is 0 Å². The van der Waals surface area contributed by atoms with Gasteiger partial charge in [0.05, 0.1) is 44.0 Å². The third-order valence-corrected chi connectivity index (χ3v) is 15.6. The summed E-state index contributed by atoms with van der Waals surface area (Å²) in [5, 5.41) is 23.5. The van der Waals surface area contributed by atoms with Crippen molar-refractivity contribution in [2.24, 2.45) is 17.8 Å². The predicted molar refractivity (Wildman–Crippen MR) is 245 cm³/mol. The van der Waals surface area contributed by atoms with Gasteiger partial charge in [0.1, 0.15) is 52.8 Å². The number of hydrogen-bond acceptors (Lipinski definition) is 15. The SMILES string of the molecule is COC(=O)C(C)=CCC12OC(C)(C)C3CC(C1=O)C(N1CCOCC1)C1C(=O)c4c(O[C@H]5O[C@H]6COC(C)(C)O[C@@H]6[C@@H](O)[C@@H]5O)c5c(c(CC=C(C)C)c4OC132)OC(C)(CCC=C(C)C)C=C5. The van der Waals surface area contributed by atoms with Crippen LogP contribution in [-0.2, 0) is 44.4 Å². The smallest absolute Gasteiger partial charge is 0.333 e. The monoisotopic (exact) mass is 931 g/mol. The number of esters is 1. The van der Waals surface area contributed by atoms with E-state index in [1.54, 1.807) is 26.8 Å². The Bertz CT molecular complexity index is 2310. The summed E-state index contributed by atoms with van der Waals surface area (Å²) in [6.07, 6.45) is 5.56. The second kappa shape index (κ2) is 17.2. The first-order chi connectivity index (χ1) is 31.6. The number of rotatable bonds is 11. The van der Waals surface area contributed by atoms with E-state index in [-0.39, 0.29) is 41.7 Å². The van der Waals surface area contributed by atoms with Crippen molar-refractivity contribution in [3.05, 3.63) is 57.7 Å². The van der Waals surface area contributed by atoms with Crippen LogP contribution in [0.15, 0.2) is 41.0 Å². The quantitative estimate of drug-likeness (QED) is 0.150. The number of ketones is 2. The van der Waals surface area contributed by atoms with Crippen molar-refractivity contribution in [1.82, 2.24) is 4.90 Å². The molecule has 3 saturated carbocycles. The average molecular weight is 932 g/mol. The molecule has 7 unspecified atom stereocenters. The first-order valence-electron chi connectivity index (χ1n) is 24.0. The van der Waals surface area contributed by atoms with Gasteiger partial charge in [0.25, 0.3) is 0 Å². The molecule has 15 nitrogen and oxygen atoms in total. The first-order valence-corrected chi connectivity index (χ1v) is 24.0. The Labute approximate surface area is 393 Å². The molecule has 6 heterocycles. The fourth-order valence-corrected chi connectivity index (χ4v) is 12.4. The number of Topliss-reactive ketones (excluding diaryl/α,β-unsaturated/α-hetero) is 2. The topological polar surface area (TPSA) is 178 Å². The summed E-state index contributed by atoms with van der Waals surface area (Å²) in [4.78, 5) is 47.4. The van der Waals surface area contributed by atoms with Gasteiger partial charge < -0.3 is 52.8 Å². The summed E-state index contributed by atoms with van der Waals surface area (Å²) in [6.45, 7) is 21.0. The average Bonchev–Trinajstić information content (AvgIpc) is 3.42. The third kappa shape index (κ3) is 7.74. The van der Waals surface area contributed by atoms with E-state index in [4.69, 9.17) is 42.6 Å². The lowest BCUT2D eigenvalue weighted by molar-refractivity contribution is -0.373. The molecule has 9 aliphatic rings. The molecule has 67 heavy (non-hydrogen) atoms. The van der Waals surface area contributed by atoms with Gasteiger partial charge in [-0.05, 0) is 107 Å². The molecule has 3 aliphatic carbocycles. The molecule has 6 aliphatic heterocycles. The van der Waals surface area contributed by atoms with Crippen LogP contribution in [0.25, 0.3) is 6.08 Å². The van der Waals surface area contributed by atoms with Gasteiger partial charge in [-0.1, -0.05) is 29.4 Å². The van der Waals surface area contributed by atoms with E-state index in [1.165, 1.54) is 12.7 Å². The Hall–Kier alpha value is -3.93. The highest BCUT2D eigenvalue weighted by Crippen LogP contribution is 2.71. The molecule has 7 fully saturated rings. The molecule has 10 rings (SSSR count). The molecular weight excluding hydrogens is 863 g/mol. The number of methoxy groups -OCH3 is 1. The fourth-order valence-electron chi connectivity index (χ4n) is 12.4. The van der Waals surface area contributed by atoms with Crippen molar-refractivity contribution in [3.8, 4) is 17.2 Å². The largest absolute Gasteiger partial charge is 0.482 e. The maximum Gasteiger partial charge on any atom is 0.333 e. The molecule has 4 bridgehead atoms. The maximum absolute atomic E-state index is 16.6. The number of ether oxygens (including phenoxy) is 9. The zero-order chi connectivity index (χ0) is 48.2. The molecule has 1 spiro atoms. The fraction of sp³-hybridized carbons (Fsp3) is 0.673. The Kier molecular flexibility index (Phi) is 12.3. The number of aliphatic hydroxyl groups excluding tert-OH is 2. The molecule has 0 radical (unpaired) electrons. The zero-order valence-electron chi connectivity index (χ0n) is 40.9. The number of aliphatic hydroxyl groups is 2. The molecule has 366 valence electrons. The van der Waals surface area contributed by atoms with E-state index in [0.29, 0.717) is 68.0 Å². The van der Waals surface area contributed by atoms with E-state index in [1.807, 2.05) is 46.8 Å². The van der Waals surface area contributed by atoms with Gasteiger partial charge in [-0.25, -0.2) is 4.79 Å². The summed E-state index contributed by atoms with van der Waals surface area (Å²) >= 11 is 0. The number of carbonyl (C=O) groups is 3.